The molecule has 3 aromatic rings. The lowest BCUT2D eigenvalue weighted by Crippen LogP contribution is -2.36. The van der Waals surface area contributed by atoms with Gasteiger partial charge in [0.05, 0.1) is 13.2 Å². The number of pyridine rings is 1. The molecule has 31 heavy (non-hydrogen) atoms. The number of rotatable bonds is 4. The lowest BCUT2D eigenvalue weighted by Gasteiger charge is -2.19. The van der Waals surface area contributed by atoms with Crippen LogP contribution in [0.4, 0.5) is 0 Å². The van der Waals surface area contributed by atoms with Crippen molar-refractivity contribution in [3.63, 3.8) is 0 Å². The van der Waals surface area contributed by atoms with Crippen LogP contribution >= 0.6 is 0 Å². The minimum Gasteiger partial charge on any atom is -0.493 e. The third-order valence-corrected chi connectivity index (χ3v) is 5.98. The van der Waals surface area contributed by atoms with Crippen LogP contribution in [0.3, 0.4) is 0 Å². The summed E-state index contributed by atoms with van der Waals surface area (Å²) in [5.41, 5.74) is 2.58. The first kappa shape index (κ1) is 19.5. The van der Waals surface area contributed by atoms with Crippen molar-refractivity contribution in [2.45, 2.75) is 51.2 Å². The van der Waals surface area contributed by atoms with Gasteiger partial charge in [0.15, 0.2) is 0 Å². The summed E-state index contributed by atoms with van der Waals surface area (Å²) in [6.07, 6.45) is 7.47. The topological polar surface area (TPSA) is 91.0 Å². The van der Waals surface area contributed by atoms with E-state index < -0.39 is 0 Å². The van der Waals surface area contributed by atoms with Crippen LogP contribution in [0.2, 0.25) is 0 Å². The highest BCUT2D eigenvalue weighted by Crippen LogP contribution is 2.25. The van der Waals surface area contributed by atoms with Crippen LogP contribution in [0.25, 0.3) is 0 Å². The number of amides is 1. The number of hydrogen-bond donors (Lipinski definition) is 1. The summed E-state index contributed by atoms with van der Waals surface area (Å²) in [5, 5.41) is 7.68. The van der Waals surface area contributed by atoms with Crippen molar-refractivity contribution < 1.29 is 9.53 Å². The fourth-order valence-electron chi connectivity index (χ4n) is 4.31. The summed E-state index contributed by atoms with van der Waals surface area (Å²) in [6.45, 7) is 1.69. The zero-order valence-corrected chi connectivity index (χ0v) is 17.3. The maximum atomic E-state index is 12.8. The molecule has 1 unspecified atom stereocenters. The van der Waals surface area contributed by atoms with Gasteiger partial charge in [-0.2, -0.15) is 5.10 Å². The van der Waals surface area contributed by atoms with E-state index in [4.69, 9.17) is 4.74 Å². The molecule has 2 aromatic heterocycles. The molecule has 1 N–H and O–H groups in total. The SMILES string of the molecule is O=C(NC1CCc2nn(Cc3cccnc3)c(=O)n2CC1)c1ccc2c(c1)CCCO2. The molecule has 1 atom stereocenters. The van der Waals surface area contributed by atoms with E-state index in [9.17, 15) is 9.59 Å². The normalized spacial score (nSPS) is 17.7. The molecule has 0 saturated carbocycles. The van der Waals surface area contributed by atoms with Crippen LogP contribution in [0.1, 0.15) is 46.6 Å². The molecule has 0 fully saturated rings. The average molecular weight is 419 g/mol. The van der Waals surface area contributed by atoms with Crippen molar-refractivity contribution in [3.8, 4) is 5.75 Å². The Morgan fingerprint density at radius 2 is 2.16 bits per heavy atom. The molecule has 160 valence electrons. The predicted molar refractivity (Wildman–Crippen MR) is 114 cm³/mol. The number of ether oxygens (including phenoxy) is 1. The van der Waals surface area contributed by atoms with Crippen molar-refractivity contribution in [2.24, 2.45) is 0 Å². The van der Waals surface area contributed by atoms with E-state index in [0.717, 1.165) is 48.6 Å². The van der Waals surface area contributed by atoms with Gasteiger partial charge < -0.3 is 10.1 Å². The number of fused-ring (bicyclic) bond motifs is 2. The van der Waals surface area contributed by atoms with Gasteiger partial charge in [0.2, 0.25) is 0 Å². The van der Waals surface area contributed by atoms with Crippen molar-refractivity contribution in [1.82, 2.24) is 24.6 Å². The van der Waals surface area contributed by atoms with Crippen molar-refractivity contribution in [1.29, 1.82) is 0 Å². The smallest absolute Gasteiger partial charge is 0.346 e. The number of hydrogen-bond acceptors (Lipinski definition) is 5. The van der Waals surface area contributed by atoms with Crippen LogP contribution < -0.4 is 15.7 Å². The van der Waals surface area contributed by atoms with Crippen molar-refractivity contribution in [3.05, 3.63) is 75.7 Å². The molecular formula is C23H25N5O3. The third kappa shape index (κ3) is 4.10. The number of aryl methyl sites for hydroxylation is 2. The summed E-state index contributed by atoms with van der Waals surface area (Å²) in [6, 6.07) is 9.43. The van der Waals surface area contributed by atoms with Gasteiger partial charge in [-0.05, 0) is 61.1 Å². The maximum absolute atomic E-state index is 12.8. The summed E-state index contributed by atoms with van der Waals surface area (Å²) in [4.78, 5) is 29.7. The fraction of sp³-hybridized carbons (Fsp3) is 0.391. The molecule has 8 heteroatoms. The largest absolute Gasteiger partial charge is 0.493 e. The molecule has 0 radical (unpaired) electrons. The second-order valence-electron chi connectivity index (χ2n) is 8.14. The van der Waals surface area contributed by atoms with Gasteiger partial charge in [0.25, 0.3) is 5.91 Å². The van der Waals surface area contributed by atoms with E-state index in [1.165, 1.54) is 4.68 Å². The summed E-state index contributed by atoms with van der Waals surface area (Å²) >= 11 is 0. The highest BCUT2D eigenvalue weighted by atomic mass is 16.5. The molecule has 2 aliphatic heterocycles. The number of nitrogens with one attached hydrogen (secondary N) is 1. The fourth-order valence-corrected chi connectivity index (χ4v) is 4.31. The number of benzene rings is 1. The van der Waals surface area contributed by atoms with Crippen molar-refractivity contribution >= 4 is 5.91 Å². The van der Waals surface area contributed by atoms with Crippen LogP contribution in [-0.2, 0) is 25.9 Å². The van der Waals surface area contributed by atoms with E-state index in [-0.39, 0.29) is 17.6 Å². The highest BCUT2D eigenvalue weighted by molar-refractivity contribution is 5.94. The standard InChI is InChI=1S/C23H25N5O3/c29-22(18-5-7-20-17(13-18)4-2-12-31-20)25-19-6-8-21-26-28(23(30)27(21)11-9-19)15-16-3-1-10-24-14-16/h1,3,5,7,10,13-14,19H,2,4,6,8-9,11-12,15H2,(H,25,29). The molecule has 1 aromatic carbocycles. The Morgan fingerprint density at radius 3 is 3.03 bits per heavy atom. The van der Waals surface area contributed by atoms with Crippen LogP contribution in [0, 0.1) is 0 Å². The Hall–Kier alpha value is -3.42. The third-order valence-electron chi connectivity index (χ3n) is 5.98. The van der Waals surface area contributed by atoms with E-state index in [0.29, 0.717) is 31.5 Å². The van der Waals surface area contributed by atoms with E-state index in [1.807, 2.05) is 30.3 Å². The second-order valence-corrected chi connectivity index (χ2v) is 8.14. The van der Waals surface area contributed by atoms with E-state index in [2.05, 4.69) is 15.4 Å². The second kappa shape index (κ2) is 8.37. The molecule has 1 amide bonds. The Bertz CT molecular complexity index is 1150. The molecule has 0 aliphatic carbocycles. The predicted octanol–water partition coefficient (Wildman–Crippen LogP) is 1.95. The summed E-state index contributed by atoms with van der Waals surface area (Å²) in [5.74, 6) is 1.58. The molecule has 0 bridgehead atoms. The lowest BCUT2D eigenvalue weighted by atomic mass is 10.0. The number of carbonyl (C=O) groups is 1. The first-order valence-corrected chi connectivity index (χ1v) is 10.8. The molecule has 5 rings (SSSR count). The molecule has 0 spiro atoms. The summed E-state index contributed by atoms with van der Waals surface area (Å²) < 4.78 is 8.87. The minimum atomic E-state index is -0.111. The highest BCUT2D eigenvalue weighted by Gasteiger charge is 2.23. The molecule has 2 aliphatic rings. The quantitative estimate of drug-likeness (QED) is 0.698. The van der Waals surface area contributed by atoms with Gasteiger partial charge in [-0.1, -0.05) is 6.07 Å². The Morgan fingerprint density at radius 1 is 1.23 bits per heavy atom. The zero-order chi connectivity index (χ0) is 21.2. The number of nitrogens with zero attached hydrogens (tertiary/aromatic N) is 4. The number of aromatic nitrogens is 4. The Kier molecular flexibility index (Phi) is 5.28. The summed E-state index contributed by atoms with van der Waals surface area (Å²) in [7, 11) is 0. The monoisotopic (exact) mass is 419 g/mol. The van der Waals surface area contributed by atoms with Gasteiger partial charge in [-0.25, -0.2) is 9.48 Å². The van der Waals surface area contributed by atoms with Gasteiger partial charge in [-0.3, -0.25) is 14.3 Å². The molecule has 4 heterocycles. The van der Waals surface area contributed by atoms with E-state index >= 15 is 0 Å². The molecular weight excluding hydrogens is 394 g/mol. The van der Waals surface area contributed by atoms with Gasteiger partial charge in [0.1, 0.15) is 11.6 Å². The lowest BCUT2D eigenvalue weighted by molar-refractivity contribution is 0.0932. The minimum absolute atomic E-state index is 0.00709. The van der Waals surface area contributed by atoms with Gasteiger partial charge >= 0.3 is 5.69 Å². The van der Waals surface area contributed by atoms with Gasteiger partial charge in [-0.15, -0.1) is 0 Å². The first-order chi connectivity index (χ1) is 15.2. The van der Waals surface area contributed by atoms with Crippen molar-refractivity contribution in [2.75, 3.05) is 6.61 Å². The van der Waals surface area contributed by atoms with Crippen LogP contribution in [0.5, 0.6) is 5.75 Å². The van der Waals surface area contributed by atoms with Crippen LogP contribution in [-0.4, -0.2) is 37.9 Å². The van der Waals surface area contributed by atoms with Crippen LogP contribution in [0.15, 0.2) is 47.5 Å². The Balaban J connectivity index is 1.24. The Labute approximate surface area is 179 Å². The number of carbonyl (C=O) groups excluding carboxylic acids is 1. The first-order valence-electron chi connectivity index (χ1n) is 10.8. The van der Waals surface area contributed by atoms with E-state index in [1.54, 1.807) is 17.0 Å². The molecule has 0 saturated heterocycles. The maximum Gasteiger partial charge on any atom is 0.346 e. The zero-order valence-electron chi connectivity index (χ0n) is 17.3. The van der Waals surface area contributed by atoms with Gasteiger partial charge in [0, 0.05) is 37.0 Å². The molecule has 8 nitrogen and oxygen atoms in total. The average Bonchev–Trinajstić information content (AvgIpc) is 2.96.